The second kappa shape index (κ2) is 4.06. The number of hydrogen-bond acceptors (Lipinski definition) is 3. The molecule has 0 amide bonds. The maximum atomic E-state index is 11.2. The molecule has 0 fully saturated rings. The van der Waals surface area contributed by atoms with E-state index in [9.17, 15) is 4.79 Å². The zero-order valence-electron chi connectivity index (χ0n) is 8.12. The first kappa shape index (κ1) is 10.2. The summed E-state index contributed by atoms with van der Waals surface area (Å²) in [5.74, 6) is 0.415. The number of ether oxygens (including phenoxy) is 2. The molecule has 0 saturated heterocycles. The number of esters is 1. The van der Waals surface area contributed by atoms with E-state index in [2.05, 4.69) is 15.9 Å². The van der Waals surface area contributed by atoms with Crippen LogP contribution in [-0.4, -0.2) is 19.7 Å². The van der Waals surface area contributed by atoms with Crippen LogP contribution in [-0.2, 0) is 9.53 Å². The summed E-state index contributed by atoms with van der Waals surface area (Å²) in [6.45, 7) is 0.291. The predicted molar refractivity (Wildman–Crippen MR) is 59.8 cm³/mol. The summed E-state index contributed by atoms with van der Waals surface area (Å²) in [7, 11) is 1.60. The van der Waals surface area contributed by atoms with Gasteiger partial charge in [0.05, 0.1) is 7.11 Å². The third kappa shape index (κ3) is 1.77. The highest BCUT2D eigenvalue weighted by Crippen LogP contribution is 2.34. The third-order valence-corrected chi connectivity index (χ3v) is 3.03. The van der Waals surface area contributed by atoms with Crippen molar-refractivity contribution in [2.75, 3.05) is 13.7 Å². The Balaban J connectivity index is 2.50. The van der Waals surface area contributed by atoms with Crippen molar-refractivity contribution >= 4 is 27.5 Å². The molecule has 78 valence electrons. The van der Waals surface area contributed by atoms with E-state index >= 15 is 0 Å². The summed E-state index contributed by atoms with van der Waals surface area (Å²) in [4.78, 5) is 11.2. The molecule has 0 aromatic heterocycles. The second-order valence-corrected chi connectivity index (χ2v) is 3.86. The molecule has 1 heterocycles. The molecule has 0 atom stereocenters. The Morgan fingerprint density at radius 3 is 2.73 bits per heavy atom. The third-order valence-electron chi connectivity index (χ3n) is 2.22. The van der Waals surface area contributed by atoms with E-state index in [1.54, 1.807) is 7.11 Å². The van der Waals surface area contributed by atoms with Gasteiger partial charge in [-0.05, 0) is 22.0 Å². The Hall–Kier alpha value is -1.29. The van der Waals surface area contributed by atoms with Crippen LogP contribution in [0, 0.1) is 0 Å². The van der Waals surface area contributed by atoms with E-state index in [1.807, 2.05) is 24.3 Å². The molecule has 1 aromatic carbocycles. The smallest absolute Gasteiger partial charge is 0.346 e. The number of para-hydroxylation sites is 1. The van der Waals surface area contributed by atoms with Crippen molar-refractivity contribution in [3.8, 4) is 5.75 Å². The fourth-order valence-electron chi connectivity index (χ4n) is 1.48. The average molecular weight is 269 g/mol. The van der Waals surface area contributed by atoms with Crippen LogP contribution in [0.3, 0.4) is 0 Å². The van der Waals surface area contributed by atoms with Gasteiger partial charge in [0, 0.05) is 11.1 Å². The number of benzene rings is 1. The first-order chi connectivity index (χ1) is 7.24. The minimum atomic E-state index is -0.323. The van der Waals surface area contributed by atoms with E-state index in [0.717, 1.165) is 16.9 Å². The first-order valence-electron chi connectivity index (χ1n) is 4.43. The summed E-state index contributed by atoms with van der Waals surface area (Å²) in [5, 5.41) is 0. The van der Waals surface area contributed by atoms with Crippen molar-refractivity contribution < 1.29 is 14.3 Å². The van der Waals surface area contributed by atoms with E-state index in [-0.39, 0.29) is 5.97 Å². The van der Waals surface area contributed by atoms with Crippen LogP contribution >= 0.6 is 15.9 Å². The second-order valence-electron chi connectivity index (χ2n) is 3.07. The standard InChI is InChI=1S/C11H9BrO3/c1-14-9-5-3-2-4-7(9)8-6-15-11(13)10(8)12/h2-5H,6H2,1H3. The van der Waals surface area contributed by atoms with Crippen molar-refractivity contribution in [3.63, 3.8) is 0 Å². The SMILES string of the molecule is COc1ccccc1C1=C(Br)C(=O)OC1. The highest BCUT2D eigenvalue weighted by atomic mass is 79.9. The minimum Gasteiger partial charge on any atom is -0.496 e. The monoisotopic (exact) mass is 268 g/mol. The lowest BCUT2D eigenvalue weighted by molar-refractivity contribution is -0.135. The Labute approximate surface area is 95.8 Å². The Morgan fingerprint density at radius 2 is 2.13 bits per heavy atom. The van der Waals surface area contributed by atoms with E-state index in [4.69, 9.17) is 9.47 Å². The van der Waals surface area contributed by atoms with Crippen molar-refractivity contribution in [1.29, 1.82) is 0 Å². The van der Waals surface area contributed by atoms with Gasteiger partial charge in [-0.2, -0.15) is 0 Å². The number of methoxy groups -OCH3 is 1. The van der Waals surface area contributed by atoms with Gasteiger partial charge in [-0.25, -0.2) is 4.79 Å². The molecule has 0 saturated carbocycles. The van der Waals surface area contributed by atoms with Crippen LogP contribution in [0.15, 0.2) is 28.7 Å². The topological polar surface area (TPSA) is 35.5 Å². The van der Waals surface area contributed by atoms with Gasteiger partial charge in [0.25, 0.3) is 0 Å². The number of rotatable bonds is 2. The quantitative estimate of drug-likeness (QED) is 0.773. The number of carbonyl (C=O) groups excluding carboxylic acids is 1. The molecule has 15 heavy (non-hydrogen) atoms. The molecule has 1 aromatic rings. The molecule has 0 radical (unpaired) electrons. The summed E-state index contributed by atoms with van der Waals surface area (Å²) in [6, 6.07) is 7.53. The minimum absolute atomic E-state index is 0.291. The van der Waals surface area contributed by atoms with E-state index in [0.29, 0.717) is 11.1 Å². The number of halogens is 1. The van der Waals surface area contributed by atoms with Crippen molar-refractivity contribution in [2.24, 2.45) is 0 Å². The average Bonchev–Trinajstić information content (AvgIpc) is 2.60. The van der Waals surface area contributed by atoms with Crippen LogP contribution in [0.25, 0.3) is 5.57 Å². The lowest BCUT2D eigenvalue weighted by Crippen LogP contribution is -1.94. The van der Waals surface area contributed by atoms with Crippen molar-refractivity contribution in [1.82, 2.24) is 0 Å². The van der Waals surface area contributed by atoms with Crippen molar-refractivity contribution in [2.45, 2.75) is 0 Å². The summed E-state index contributed by atoms with van der Waals surface area (Å²) < 4.78 is 10.6. The van der Waals surface area contributed by atoms with Crippen LogP contribution in [0.5, 0.6) is 5.75 Å². The number of hydrogen-bond donors (Lipinski definition) is 0. The Bertz CT molecular complexity index is 437. The molecule has 0 unspecified atom stereocenters. The van der Waals surface area contributed by atoms with Gasteiger partial charge in [0.15, 0.2) is 0 Å². The summed E-state index contributed by atoms with van der Waals surface area (Å²) >= 11 is 3.22. The van der Waals surface area contributed by atoms with E-state index in [1.165, 1.54) is 0 Å². The van der Waals surface area contributed by atoms with Gasteiger partial charge >= 0.3 is 5.97 Å². The molecule has 3 nitrogen and oxygen atoms in total. The van der Waals surface area contributed by atoms with Gasteiger partial charge < -0.3 is 9.47 Å². The maximum absolute atomic E-state index is 11.2. The van der Waals surface area contributed by atoms with Gasteiger partial charge in [0.1, 0.15) is 16.8 Å². The molecule has 1 aliphatic rings. The molecule has 0 bridgehead atoms. The molecule has 0 aliphatic carbocycles. The highest BCUT2D eigenvalue weighted by molar-refractivity contribution is 9.12. The lowest BCUT2D eigenvalue weighted by atomic mass is 10.1. The van der Waals surface area contributed by atoms with Gasteiger partial charge in [0.2, 0.25) is 0 Å². The number of cyclic esters (lactones) is 1. The van der Waals surface area contributed by atoms with Crippen LogP contribution < -0.4 is 4.74 Å². The fraction of sp³-hybridized carbons (Fsp3) is 0.182. The van der Waals surface area contributed by atoms with Crippen LogP contribution in [0.2, 0.25) is 0 Å². The first-order valence-corrected chi connectivity index (χ1v) is 5.22. The lowest BCUT2D eigenvalue weighted by Gasteiger charge is -2.07. The molecule has 2 rings (SSSR count). The van der Waals surface area contributed by atoms with Crippen LogP contribution in [0.4, 0.5) is 0 Å². The molecule has 1 aliphatic heterocycles. The highest BCUT2D eigenvalue weighted by Gasteiger charge is 2.25. The van der Waals surface area contributed by atoms with Gasteiger partial charge in [-0.15, -0.1) is 0 Å². The fourth-order valence-corrected chi connectivity index (χ4v) is 1.92. The Morgan fingerprint density at radius 1 is 1.40 bits per heavy atom. The molecule has 0 spiro atoms. The van der Waals surface area contributed by atoms with Crippen LogP contribution in [0.1, 0.15) is 5.56 Å². The molecule has 0 N–H and O–H groups in total. The van der Waals surface area contributed by atoms with E-state index < -0.39 is 0 Å². The molecular formula is C11H9BrO3. The largest absolute Gasteiger partial charge is 0.496 e. The summed E-state index contributed by atoms with van der Waals surface area (Å²) in [5.41, 5.74) is 1.72. The zero-order valence-corrected chi connectivity index (χ0v) is 9.71. The maximum Gasteiger partial charge on any atom is 0.346 e. The van der Waals surface area contributed by atoms with Crippen molar-refractivity contribution in [3.05, 3.63) is 34.3 Å². The molecule has 4 heteroatoms. The predicted octanol–water partition coefficient (Wildman–Crippen LogP) is 2.36. The zero-order chi connectivity index (χ0) is 10.8. The normalized spacial score (nSPS) is 15.5. The van der Waals surface area contributed by atoms with Gasteiger partial charge in [-0.1, -0.05) is 18.2 Å². The van der Waals surface area contributed by atoms with Gasteiger partial charge in [-0.3, -0.25) is 0 Å². The molecular weight excluding hydrogens is 260 g/mol. The Kier molecular flexibility index (Phi) is 2.77. The summed E-state index contributed by atoms with van der Waals surface area (Å²) in [6.07, 6.45) is 0. The number of carbonyl (C=O) groups is 1.